The lowest BCUT2D eigenvalue weighted by Crippen LogP contribution is -1.91. The van der Waals surface area contributed by atoms with Crippen LogP contribution in [0.4, 0.5) is 5.69 Å². The van der Waals surface area contributed by atoms with Gasteiger partial charge in [-0.3, -0.25) is 4.98 Å². The molecule has 0 bridgehead atoms. The molecular weight excluding hydrogens is 210 g/mol. The van der Waals surface area contributed by atoms with Crippen LogP contribution in [-0.4, -0.2) is 9.97 Å². The zero-order valence-corrected chi connectivity index (χ0v) is 9.17. The first-order chi connectivity index (χ1) is 8.34. The predicted molar refractivity (Wildman–Crippen MR) is 69.4 cm³/mol. The lowest BCUT2D eigenvalue weighted by Gasteiger charge is -2.04. The van der Waals surface area contributed by atoms with E-state index in [1.54, 1.807) is 12.4 Å². The van der Waals surface area contributed by atoms with Crippen LogP contribution in [0.3, 0.4) is 0 Å². The van der Waals surface area contributed by atoms with Crippen molar-refractivity contribution in [1.82, 2.24) is 9.97 Å². The second-order valence-corrected chi connectivity index (χ2v) is 3.86. The Morgan fingerprint density at radius 1 is 0.941 bits per heavy atom. The highest BCUT2D eigenvalue weighted by Gasteiger charge is 2.03. The van der Waals surface area contributed by atoms with Gasteiger partial charge in [0.25, 0.3) is 0 Å². The molecule has 0 fully saturated rings. The average molecular weight is 221 g/mol. The minimum absolute atomic E-state index is 0.702. The number of nitrogens with two attached hydrogens (primary N) is 1. The minimum Gasteiger partial charge on any atom is -0.397 e. The third-order valence-electron chi connectivity index (χ3n) is 2.71. The Balaban J connectivity index is 2.23. The third kappa shape index (κ3) is 1.72. The molecule has 2 heterocycles. The van der Waals surface area contributed by atoms with Crippen LogP contribution in [0.2, 0.25) is 0 Å². The van der Waals surface area contributed by atoms with Crippen LogP contribution < -0.4 is 5.73 Å². The largest absolute Gasteiger partial charge is 0.397 e. The molecule has 2 aromatic heterocycles. The van der Waals surface area contributed by atoms with Crippen LogP contribution in [-0.2, 0) is 0 Å². The molecule has 0 saturated carbocycles. The fourth-order valence-corrected chi connectivity index (χ4v) is 1.85. The topological polar surface area (TPSA) is 51.8 Å². The standard InChI is InChI=1S/C14H11N3/c15-12-5-1-3-10-6-7-13(17-14(10)12)11-4-2-8-16-9-11/h1-9H,15H2. The summed E-state index contributed by atoms with van der Waals surface area (Å²) >= 11 is 0. The number of pyridine rings is 2. The van der Waals surface area contributed by atoms with E-state index in [0.717, 1.165) is 22.2 Å². The number of benzene rings is 1. The van der Waals surface area contributed by atoms with Crippen molar-refractivity contribution in [2.75, 3.05) is 5.73 Å². The monoisotopic (exact) mass is 221 g/mol. The fraction of sp³-hybridized carbons (Fsp3) is 0. The maximum absolute atomic E-state index is 5.93. The first kappa shape index (κ1) is 9.78. The van der Waals surface area contributed by atoms with Gasteiger partial charge in [0.15, 0.2) is 0 Å². The normalized spacial score (nSPS) is 10.6. The Kier molecular flexibility index (Phi) is 2.22. The number of hydrogen-bond acceptors (Lipinski definition) is 3. The van der Waals surface area contributed by atoms with Gasteiger partial charge in [-0.15, -0.1) is 0 Å². The number of aromatic nitrogens is 2. The van der Waals surface area contributed by atoms with Crippen LogP contribution >= 0.6 is 0 Å². The Labute approximate surface area is 98.9 Å². The van der Waals surface area contributed by atoms with Gasteiger partial charge in [0.1, 0.15) is 0 Å². The van der Waals surface area contributed by atoms with E-state index < -0.39 is 0 Å². The van der Waals surface area contributed by atoms with Crippen LogP contribution in [0.25, 0.3) is 22.2 Å². The van der Waals surface area contributed by atoms with Crippen molar-refractivity contribution in [1.29, 1.82) is 0 Å². The molecule has 0 spiro atoms. The molecule has 0 radical (unpaired) electrons. The number of hydrogen-bond donors (Lipinski definition) is 1. The summed E-state index contributed by atoms with van der Waals surface area (Å²) in [6.45, 7) is 0. The van der Waals surface area contributed by atoms with Crippen molar-refractivity contribution in [2.24, 2.45) is 0 Å². The molecule has 2 N–H and O–H groups in total. The molecular formula is C14H11N3. The van der Waals surface area contributed by atoms with Crippen molar-refractivity contribution in [3.63, 3.8) is 0 Å². The van der Waals surface area contributed by atoms with Crippen molar-refractivity contribution in [2.45, 2.75) is 0 Å². The van der Waals surface area contributed by atoms with E-state index in [1.165, 1.54) is 0 Å². The van der Waals surface area contributed by atoms with Crippen molar-refractivity contribution in [3.05, 3.63) is 54.9 Å². The van der Waals surface area contributed by atoms with Gasteiger partial charge in [-0.2, -0.15) is 0 Å². The molecule has 0 unspecified atom stereocenters. The van der Waals surface area contributed by atoms with Gasteiger partial charge in [0, 0.05) is 23.3 Å². The van der Waals surface area contributed by atoms with Crippen LogP contribution in [0.15, 0.2) is 54.9 Å². The van der Waals surface area contributed by atoms with Crippen molar-refractivity contribution < 1.29 is 0 Å². The lowest BCUT2D eigenvalue weighted by atomic mass is 10.1. The smallest absolute Gasteiger partial charge is 0.0938 e. The third-order valence-corrected chi connectivity index (χ3v) is 2.71. The Morgan fingerprint density at radius 3 is 2.71 bits per heavy atom. The SMILES string of the molecule is Nc1cccc2ccc(-c3cccnc3)nc12. The molecule has 3 rings (SSSR count). The second-order valence-electron chi connectivity index (χ2n) is 3.86. The summed E-state index contributed by atoms with van der Waals surface area (Å²) in [7, 11) is 0. The zero-order chi connectivity index (χ0) is 11.7. The molecule has 1 aromatic carbocycles. The molecule has 0 aliphatic heterocycles. The van der Waals surface area contributed by atoms with Crippen molar-refractivity contribution >= 4 is 16.6 Å². The average Bonchev–Trinajstić information content (AvgIpc) is 2.40. The summed E-state index contributed by atoms with van der Waals surface area (Å²) in [6.07, 6.45) is 3.55. The lowest BCUT2D eigenvalue weighted by molar-refractivity contribution is 1.30. The van der Waals surface area contributed by atoms with Gasteiger partial charge in [-0.1, -0.05) is 18.2 Å². The molecule has 3 heteroatoms. The van der Waals surface area contributed by atoms with E-state index in [0.29, 0.717) is 5.69 Å². The molecule has 0 aliphatic carbocycles. The molecule has 3 aromatic rings. The van der Waals surface area contributed by atoms with Gasteiger partial charge in [-0.25, -0.2) is 4.98 Å². The minimum atomic E-state index is 0.702. The van der Waals surface area contributed by atoms with Crippen LogP contribution in [0.5, 0.6) is 0 Å². The van der Waals surface area contributed by atoms with E-state index >= 15 is 0 Å². The maximum atomic E-state index is 5.93. The molecule has 0 amide bonds. The van der Waals surface area contributed by atoms with E-state index in [2.05, 4.69) is 9.97 Å². The predicted octanol–water partition coefficient (Wildman–Crippen LogP) is 2.88. The van der Waals surface area contributed by atoms with Gasteiger partial charge < -0.3 is 5.73 Å². The molecule has 17 heavy (non-hydrogen) atoms. The van der Waals surface area contributed by atoms with Gasteiger partial charge >= 0.3 is 0 Å². The summed E-state index contributed by atoms with van der Waals surface area (Å²) in [4.78, 5) is 8.67. The Morgan fingerprint density at radius 2 is 1.88 bits per heavy atom. The number of para-hydroxylation sites is 1. The summed E-state index contributed by atoms with van der Waals surface area (Å²) in [5.41, 5.74) is 9.36. The van der Waals surface area contributed by atoms with Gasteiger partial charge in [-0.05, 0) is 24.3 Å². The van der Waals surface area contributed by atoms with E-state index in [-0.39, 0.29) is 0 Å². The molecule has 0 aliphatic rings. The molecule has 0 saturated heterocycles. The van der Waals surface area contributed by atoms with Crippen LogP contribution in [0, 0.1) is 0 Å². The summed E-state index contributed by atoms with van der Waals surface area (Å²) < 4.78 is 0. The molecule has 0 atom stereocenters. The highest BCUT2D eigenvalue weighted by atomic mass is 14.7. The summed E-state index contributed by atoms with van der Waals surface area (Å²) in [5.74, 6) is 0. The van der Waals surface area contributed by atoms with E-state index in [9.17, 15) is 0 Å². The maximum Gasteiger partial charge on any atom is 0.0938 e. The van der Waals surface area contributed by atoms with Gasteiger partial charge in [0.05, 0.1) is 16.9 Å². The first-order valence-electron chi connectivity index (χ1n) is 5.40. The fourth-order valence-electron chi connectivity index (χ4n) is 1.85. The second kappa shape index (κ2) is 3.87. The number of anilines is 1. The van der Waals surface area contributed by atoms with E-state index in [4.69, 9.17) is 5.73 Å². The quantitative estimate of drug-likeness (QED) is 0.643. The summed E-state index contributed by atoms with van der Waals surface area (Å²) in [6, 6.07) is 13.7. The molecule has 3 nitrogen and oxygen atoms in total. The van der Waals surface area contributed by atoms with Crippen molar-refractivity contribution in [3.8, 4) is 11.3 Å². The molecule has 82 valence electrons. The number of nitrogen functional groups attached to an aromatic ring is 1. The van der Waals surface area contributed by atoms with E-state index in [1.807, 2.05) is 42.5 Å². The zero-order valence-electron chi connectivity index (χ0n) is 9.17. The Hall–Kier alpha value is -2.42. The van der Waals surface area contributed by atoms with Gasteiger partial charge in [0.2, 0.25) is 0 Å². The number of fused-ring (bicyclic) bond motifs is 1. The highest BCUT2D eigenvalue weighted by Crippen LogP contribution is 2.23. The van der Waals surface area contributed by atoms with Crippen LogP contribution in [0.1, 0.15) is 0 Å². The summed E-state index contributed by atoms with van der Waals surface area (Å²) in [5, 5.41) is 1.05. The Bertz CT molecular complexity index is 663. The number of nitrogens with zero attached hydrogens (tertiary/aromatic N) is 2. The number of rotatable bonds is 1. The first-order valence-corrected chi connectivity index (χ1v) is 5.40. The highest BCUT2D eigenvalue weighted by molar-refractivity contribution is 5.90.